The van der Waals surface area contributed by atoms with Crippen molar-refractivity contribution in [1.82, 2.24) is 0 Å². The third-order valence-corrected chi connectivity index (χ3v) is 10.2. The lowest BCUT2D eigenvalue weighted by Gasteiger charge is -2.31. The molecule has 1 saturated heterocycles. The van der Waals surface area contributed by atoms with Crippen LogP contribution in [0.4, 0.5) is 0 Å². The van der Waals surface area contributed by atoms with Crippen LogP contribution >= 0.6 is 7.26 Å². The summed E-state index contributed by atoms with van der Waals surface area (Å²) in [7, 11) is -1.83. The van der Waals surface area contributed by atoms with Crippen molar-refractivity contribution in [1.29, 1.82) is 0 Å². The van der Waals surface area contributed by atoms with Crippen LogP contribution in [0.25, 0.3) is 0 Å². The van der Waals surface area contributed by atoms with Gasteiger partial charge in [-0.15, -0.1) is 0 Å². The second kappa shape index (κ2) is 9.48. The molecular formula is C26H30IO2P. The Kier molecular flexibility index (Phi) is 7.40. The fourth-order valence-corrected chi connectivity index (χ4v) is 8.91. The quantitative estimate of drug-likeness (QED) is 0.357. The van der Waals surface area contributed by atoms with E-state index >= 15 is 0 Å². The average Bonchev–Trinajstić information content (AvgIpc) is 3.04. The Bertz CT molecular complexity index is 834. The highest BCUT2D eigenvalue weighted by atomic mass is 127. The Balaban J connectivity index is 0.00000256. The second-order valence-electron chi connectivity index (χ2n) is 8.53. The molecule has 0 radical (unpaired) electrons. The van der Waals surface area contributed by atoms with Crippen molar-refractivity contribution in [3.05, 3.63) is 91.0 Å². The van der Waals surface area contributed by atoms with Crippen LogP contribution in [0.1, 0.15) is 27.2 Å². The summed E-state index contributed by atoms with van der Waals surface area (Å²) in [6.07, 6.45) is 1.99. The molecule has 2 nitrogen and oxygen atoms in total. The van der Waals surface area contributed by atoms with E-state index in [9.17, 15) is 0 Å². The van der Waals surface area contributed by atoms with E-state index in [1.54, 1.807) is 0 Å². The first-order chi connectivity index (χ1) is 13.9. The molecule has 3 aromatic rings. The van der Waals surface area contributed by atoms with E-state index in [2.05, 4.69) is 97.9 Å². The Morgan fingerprint density at radius 1 is 0.700 bits per heavy atom. The SMILES string of the molecule is CC1(CC[P+](c2ccccc2)(c2ccccc2)c2ccccc2)COC(C)(C)O1.[I-]. The second-order valence-corrected chi connectivity index (χ2v) is 12.1. The Hall–Kier alpha value is -1.26. The lowest BCUT2D eigenvalue weighted by molar-refractivity contribution is -0.157. The fraction of sp³-hybridized carbons (Fsp3) is 0.308. The van der Waals surface area contributed by atoms with Gasteiger partial charge >= 0.3 is 0 Å². The molecule has 0 N–H and O–H groups in total. The van der Waals surface area contributed by atoms with Gasteiger partial charge in [0, 0.05) is 6.42 Å². The maximum Gasteiger partial charge on any atom is 0.163 e. The number of rotatable bonds is 6. The molecule has 1 atom stereocenters. The molecule has 0 bridgehead atoms. The van der Waals surface area contributed by atoms with Gasteiger partial charge in [-0.2, -0.15) is 0 Å². The Labute approximate surface area is 198 Å². The van der Waals surface area contributed by atoms with Gasteiger partial charge in [0.1, 0.15) is 23.2 Å². The number of halogens is 1. The molecule has 4 heteroatoms. The normalized spacial score (nSPS) is 20.5. The summed E-state index contributed by atoms with van der Waals surface area (Å²) in [6, 6.07) is 33.1. The van der Waals surface area contributed by atoms with Gasteiger partial charge in [-0.05, 0) is 57.2 Å². The first-order valence-corrected chi connectivity index (χ1v) is 12.3. The Morgan fingerprint density at radius 3 is 1.43 bits per heavy atom. The molecule has 1 unspecified atom stereocenters. The van der Waals surface area contributed by atoms with Crippen LogP contribution in [0.15, 0.2) is 91.0 Å². The molecule has 1 heterocycles. The van der Waals surface area contributed by atoms with Crippen molar-refractivity contribution in [3.63, 3.8) is 0 Å². The van der Waals surface area contributed by atoms with Crippen LogP contribution in [0.2, 0.25) is 0 Å². The van der Waals surface area contributed by atoms with Crippen LogP contribution in [0.5, 0.6) is 0 Å². The smallest absolute Gasteiger partial charge is 0.163 e. The van der Waals surface area contributed by atoms with E-state index in [0.29, 0.717) is 6.61 Å². The summed E-state index contributed by atoms with van der Waals surface area (Å²) in [5.41, 5.74) is -0.271. The molecule has 1 aliphatic heterocycles. The minimum absolute atomic E-state index is 0. The van der Waals surface area contributed by atoms with E-state index in [1.807, 2.05) is 13.8 Å². The minimum Gasteiger partial charge on any atom is -1.00 e. The largest absolute Gasteiger partial charge is 1.00 e. The van der Waals surface area contributed by atoms with Crippen molar-refractivity contribution >= 4 is 23.2 Å². The summed E-state index contributed by atoms with van der Waals surface area (Å²) < 4.78 is 12.3. The summed E-state index contributed by atoms with van der Waals surface area (Å²) >= 11 is 0. The van der Waals surface area contributed by atoms with Crippen molar-refractivity contribution in [3.8, 4) is 0 Å². The van der Waals surface area contributed by atoms with Crippen molar-refractivity contribution in [2.24, 2.45) is 0 Å². The topological polar surface area (TPSA) is 18.5 Å². The molecule has 158 valence electrons. The van der Waals surface area contributed by atoms with E-state index in [0.717, 1.165) is 12.6 Å². The maximum atomic E-state index is 6.33. The fourth-order valence-electron chi connectivity index (χ4n) is 4.39. The van der Waals surface area contributed by atoms with E-state index in [4.69, 9.17) is 9.47 Å². The van der Waals surface area contributed by atoms with Gasteiger partial charge < -0.3 is 33.5 Å². The van der Waals surface area contributed by atoms with Crippen molar-refractivity contribution in [2.45, 2.75) is 38.6 Å². The highest BCUT2D eigenvalue weighted by Crippen LogP contribution is 2.57. The number of hydrogen-bond donors (Lipinski definition) is 0. The van der Waals surface area contributed by atoms with E-state index in [1.165, 1.54) is 15.9 Å². The van der Waals surface area contributed by atoms with Crippen LogP contribution in [0, 0.1) is 0 Å². The zero-order valence-electron chi connectivity index (χ0n) is 17.9. The van der Waals surface area contributed by atoms with Gasteiger partial charge in [0.25, 0.3) is 0 Å². The molecule has 1 aliphatic rings. The average molecular weight is 532 g/mol. The number of ether oxygens (including phenoxy) is 2. The van der Waals surface area contributed by atoms with Crippen LogP contribution in [-0.4, -0.2) is 24.2 Å². The zero-order valence-corrected chi connectivity index (χ0v) is 21.0. The van der Waals surface area contributed by atoms with Gasteiger partial charge in [0.05, 0.1) is 18.4 Å². The molecule has 1 fully saturated rings. The molecule has 0 aromatic heterocycles. The summed E-state index contributed by atoms with van der Waals surface area (Å²) in [5, 5.41) is 4.25. The standard InChI is InChI=1S/C26H30O2P.HI/c1-25(2)27-21-26(3,28-25)19-20-29(22-13-7-4-8-14-22,23-15-9-5-10-16-23)24-17-11-6-12-18-24;/h4-18H,19-21H2,1-3H3;1H/q+1;/p-1. The predicted octanol–water partition coefficient (Wildman–Crippen LogP) is 1.92. The van der Waals surface area contributed by atoms with Crippen LogP contribution in [-0.2, 0) is 9.47 Å². The highest BCUT2D eigenvalue weighted by molar-refractivity contribution is 7.95. The minimum atomic E-state index is -1.83. The molecule has 0 aliphatic carbocycles. The maximum absolute atomic E-state index is 6.33. The molecule has 0 amide bonds. The first-order valence-electron chi connectivity index (χ1n) is 10.3. The summed E-state index contributed by atoms with van der Waals surface area (Å²) in [4.78, 5) is 0. The highest BCUT2D eigenvalue weighted by Gasteiger charge is 2.49. The van der Waals surface area contributed by atoms with Gasteiger partial charge in [-0.1, -0.05) is 54.6 Å². The van der Waals surface area contributed by atoms with Gasteiger partial charge in [0.2, 0.25) is 0 Å². The predicted molar refractivity (Wildman–Crippen MR) is 124 cm³/mol. The van der Waals surface area contributed by atoms with Crippen LogP contribution in [0.3, 0.4) is 0 Å². The molecule has 30 heavy (non-hydrogen) atoms. The number of hydrogen-bond acceptors (Lipinski definition) is 2. The van der Waals surface area contributed by atoms with Crippen molar-refractivity contribution < 1.29 is 33.5 Å². The third-order valence-electron chi connectivity index (χ3n) is 5.78. The first kappa shape index (κ1) is 23.4. The summed E-state index contributed by atoms with van der Waals surface area (Å²) in [5.74, 6) is -0.512. The molecule has 4 rings (SSSR count). The lowest BCUT2D eigenvalue weighted by Crippen LogP contribution is -3.00. The van der Waals surface area contributed by atoms with Crippen LogP contribution < -0.4 is 39.9 Å². The molecule has 3 aromatic carbocycles. The number of benzene rings is 3. The van der Waals surface area contributed by atoms with Gasteiger partial charge in [0.15, 0.2) is 5.79 Å². The lowest BCUT2D eigenvalue weighted by atomic mass is 10.1. The molecule has 0 saturated carbocycles. The molecule has 0 spiro atoms. The zero-order chi connectivity index (χ0) is 20.4. The third kappa shape index (κ3) is 4.80. The monoisotopic (exact) mass is 532 g/mol. The van der Waals surface area contributed by atoms with E-state index in [-0.39, 0.29) is 29.6 Å². The summed E-state index contributed by atoms with van der Waals surface area (Å²) in [6.45, 7) is 6.84. The van der Waals surface area contributed by atoms with Gasteiger partial charge in [-0.3, -0.25) is 0 Å². The molecular weight excluding hydrogens is 502 g/mol. The Morgan fingerprint density at radius 2 is 1.10 bits per heavy atom. The van der Waals surface area contributed by atoms with Gasteiger partial charge in [-0.25, -0.2) is 0 Å². The van der Waals surface area contributed by atoms with Crippen molar-refractivity contribution in [2.75, 3.05) is 12.8 Å². The van der Waals surface area contributed by atoms with E-state index < -0.39 is 13.0 Å².